The molecule has 29 heavy (non-hydrogen) atoms. The summed E-state index contributed by atoms with van der Waals surface area (Å²) in [5.74, 6) is 0.732. The number of benzene rings is 2. The maximum atomic E-state index is 13.1. The van der Waals surface area contributed by atoms with Gasteiger partial charge in [0, 0.05) is 0 Å². The van der Waals surface area contributed by atoms with Crippen LogP contribution in [0.3, 0.4) is 0 Å². The van der Waals surface area contributed by atoms with Crippen molar-refractivity contribution in [1.82, 2.24) is 13.9 Å². The fourth-order valence-corrected chi connectivity index (χ4v) is 3.76. The Hall–Kier alpha value is -3.54. The van der Waals surface area contributed by atoms with Gasteiger partial charge in [-0.2, -0.15) is 0 Å². The van der Waals surface area contributed by atoms with Crippen molar-refractivity contribution in [2.24, 2.45) is 0 Å². The second kappa shape index (κ2) is 7.83. The SMILES string of the molecule is C=C[C@H]1C[C@@H](/C=C/c2ccccc2)n2c(=O)n(Cc3ccc(OC)cc3)c(=O)n21. The molecule has 0 unspecified atom stereocenters. The normalized spacial score (nSPS) is 18.1. The van der Waals surface area contributed by atoms with Crippen molar-refractivity contribution in [1.29, 1.82) is 0 Å². The number of allylic oxidation sites excluding steroid dienone is 2. The number of methoxy groups -OCH3 is 1. The Kier molecular flexibility index (Phi) is 5.08. The second-order valence-corrected chi connectivity index (χ2v) is 7.06. The van der Waals surface area contributed by atoms with Crippen molar-refractivity contribution in [2.75, 3.05) is 7.11 Å². The fourth-order valence-electron chi connectivity index (χ4n) is 3.76. The molecule has 0 spiro atoms. The zero-order valence-corrected chi connectivity index (χ0v) is 16.3. The van der Waals surface area contributed by atoms with Crippen LogP contribution in [0.25, 0.3) is 6.08 Å². The molecule has 3 aromatic rings. The second-order valence-electron chi connectivity index (χ2n) is 7.06. The molecule has 0 fully saturated rings. The summed E-state index contributed by atoms with van der Waals surface area (Å²) in [4.78, 5) is 26.1. The van der Waals surface area contributed by atoms with Gasteiger partial charge in [0.1, 0.15) is 5.75 Å². The highest BCUT2D eigenvalue weighted by Gasteiger charge is 2.32. The van der Waals surface area contributed by atoms with Gasteiger partial charge in [-0.3, -0.25) is 0 Å². The quantitative estimate of drug-likeness (QED) is 0.608. The van der Waals surface area contributed by atoms with Gasteiger partial charge in [-0.25, -0.2) is 23.5 Å². The summed E-state index contributed by atoms with van der Waals surface area (Å²) in [5.41, 5.74) is 1.29. The maximum absolute atomic E-state index is 13.1. The fraction of sp³-hybridized carbons (Fsp3) is 0.217. The number of aromatic nitrogens is 3. The molecule has 1 aliphatic heterocycles. The number of hydrogen-bond acceptors (Lipinski definition) is 3. The van der Waals surface area contributed by atoms with Gasteiger partial charge < -0.3 is 4.74 Å². The highest BCUT2D eigenvalue weighted by Crippen LogP contribution is 2.29. The van der Waals surface area contributed by atoms with Crippen molar-refractivity contribution in [2.45, 2.75) is 25.0 Å². The number of ether oxygens (including phenoxy) is 1. The molecule has 0 N–H and O–H groups in total. The van der Waals surface area contributed by atoms with Crippen LogP contribution in [0.5, 0.6) is 5.75 Å². The maximum Gasteiger partial charge on any atom is 0.348 e. The van der Waals surface area contributed by atoms with Crippen LogP contribution >= 0.6 is 0 Å². The standard InChI is InChI=1S/C23H23N3O3/c1-3-19-15-20(12-9-17-7-5-4-6-8-17)26-23(28)24(22(27)25(19)26)16-18-10-13-21(29-2)14-11-18/h3-14,19-20H,1,15-16H2,2H3/b12-9+/t19-,20+/m0/s1. The minimum atomic E-state index is -0.314. The molecule has 148 valence electrons. The Morgan fingerprint density at radius 3 is 2.28 bits per heavy atom. The first kappa shape index (κ1) is 18.8. The van der Waals surface area contributed by atoms with Gasteiger partial charge in [-0.15, -0.1) is 6.58 Å². The number of hydrogen-bond donors (Lipinski definition) is 0. The summed E-state index contributed by atoms with van der Waals surface area (Å²) in [5, 5.41) is 0. The first-order valence-electron chi connectivity index (χ1n) is 9.55. The number of nitrogens with zero attached hydrogens (tertiary/aromatic N) is 3. The van der Waals surface area contributed by atoms with Crippen molar-refractivity contribution < 1.29 is 4.74 Å². The van der Waals surface area contributed by atoms with Gasteiger partial charge in [-0.1, -0.05) is 60.7 Å². The van der Waals surface area contributed by atoms with E-state index in [-0.39, 0.29) is 30.0 Å². The Bertz CT molecular complexity index is 1150. The Morgan fingerprint density at radius 2 is 1.66 bits per heavy atom. The van der Waals surface area contributed by atoms with Crippen LogP contribution in [0.2, 0.25) is 0 Å². The van der Waals surface area contributed by atoms with E-state index < -0.39 is 0 Å². The van der Waals surface area contributed by atoms with Gasteiger partial charge in [0.25, 0.3) is 0 Å². The van der Waals surface area contributed by atoms with E-state index in [1.807, 2.05) is 66.7 Å². The Morgan fingerprint density at radius 1 is 1.00 bits per heavy atom. The molecule has 1 aromatic heterocycles. The van der Waals surface area contributed by atoms with Crippen LogP contribution < -0.4 is 16.1 Å². The van der Waals surface area contributed by atoms with Crippen LogP contribution in [0, 0.1) is 0 Å². The van der Waals surface area contributed by atoms with E-state index in [2.05, 4.69) is 6.58 Å². The topological polar surface area (TPSA) is 58.2 Å². The molecule has 4 rings (SSSR count). The van der Waals surface area contributed by atoms with E-state index in [4.69, 9.17) is 4.74 Å². The Balaban J connectivity index is 1.70. The molecule has 0 bridgehead atoms. The van der Waals surface area contributed by atoms with Gasteiger partial charge in [-0.05, 0) is 29.7 Å². The van der Waals surface area contributed by atoms with Crippen molar-refractivity contribution >= 4 is 6.08 Å². The third-order valence-electron chi connectivity index (χ3n) is 5.28. The van der Waals surface area contributed by atoms with Gasteiger partial charge in [0.2, 0.25) is 0 Å². The average Bonchev–Trinajstić information content (AvgIpc) is 3.25. The molecular weight excluding hydrogens is 366 g/mol. The van der Waals surface area contributed by atoms with E-state index in [1.165, 1.54) is 9.25 Å². The minimum Gasteiger partial charge on any atom is -0.497 e. The molecular formula is C23H23N3O3. The van der Waals surface area contributed by atoms with Crippen molar-refractivity contribution in [3.05, 3.63) is 105 Å². The third kappa shape index (κ3) is 3.49. The molecule has 1 aliphatic rings. The average molecular weight is 389 g/mol. The van der Waals surface area contributed by atoms with E-state index in [0.29, 0.717) is 6.42 Å². The summed E-state index contributed by atoms with van der Waals surface area (Å²) < 4.78 is 9.52. The van der Waals surface area contributed by atoms with Crippen molar-refractivity contribution in [3.8, 4) is 5.75 Å². The highest BCUT2D eigenvalue weighted by molar-refractivity contribution is 5.49. The van der Waals surface area contributed by atoms with Crippen molar-refractivity contribution in [3.63, 3.8) is 0 Å². The molecule has 0 saturated heterocycles. The lowest BCUT2D eigenvalue weighted by Crippen LogP contribution is -2.31. The van der Waals surface area contributed by atoms with Crippen LogP contribution in [-0.4, -0.2) is 21.0 Å². The molecule has 2 heterocycles. The van der Waals surface area contributed by atoms with E-state index in [9.17, 15) is 9.59 Å². The number of rotatable bonds is 6. The zero-order chi connectivity index (χ0) is 20.4. The predicted octanol–water partition coefficient (Wildman–Crippen LogP) is 3.25. The smallest absolute Gasteiger partial charge is 0.348 e. The first-order valence-corrected chi connectivity index (χ1v) is 9.55. The molecule has 2 atom stereocenters. The molecule has 6 nitrogen and oxygen atoms in total. The molecule has 2 aromatic carbocycles. The summed E-state index contributed by atoms with van der Waals surface area (Å²) in [6.07, 6.45) is 6.33. The molecule has 0 amide bonds. The molecule has 0 radical (unpaired) electrons. The van der Waals surface area contributed by atoms with Crippen LogP contribution in [0.15, 0.2) is 82.9 Å². The van der Waals surface area contributed by atoms with Crippen LogP contribution in [-0.2, 0) is 6.54 Å². The van der Waals surface area contributed by atoms with Gasteiger partial charge >= 0.3 is 11.4 Å². The minimum absolute atomic E-state index is 0.199. The largest absolute Gasteiger partial charge is 0.497 e. The van der Waals surface area contributed by atoms with Crippen LogP contribution in [0.4, 0.5) is 0 Å². The monoisotopic (exact) mass is 389 g/mol. The lowest BCUT2D eigenvalue weighted by atomic mass is 10.1. The molecule has 0 aliphatic carbocycles. The summed E-state index contributed by atoms with van der Waals surface area (Å²) in [6, 6.07) is 16.8. The van der Waals surface area contributed by atoms with E-state index >= 15 is 0 Å². The first-order chi connectivity index (χ1) is 14.1. The lowest BCUT2D eigenvalue weighted by molar-refractivity contribution is 0.414. The summed E-state index contributed by atoms with van der Waals surface area (Å²) in [7, 11) is 1.60. The highest BCUT2D eigenvalue weighted by atomic mass is 16.5. The molecule has 0 saturated carbocycles. The van der Waals surface area contributed by atoms with E-state index in [1.54, 1.807) is 17.9 Å². The molecule has 6 heteroatoms. The van der Waals surface area contributed by atoms with E-state index in [0.717, 1.165) is 16.9 Å². The zero-order valence-electron chi connectivity index (χ0n) is 16.3. The third-order valence-corrected chi connectivity index (χ3v) is 5.28. The van der Waals surface area contributed by atoms with Gasteiger partial charge in [0.15, 0.2) is 0 Å². The summed E-state index contributed by atoms with van der Waals surface area (Å²) in [6.45, 7) is 4.07. The lowest BCUT2D eigenvalue weighted by Gasteiger charge is -2.06. The van der Waals surface area contributed by atoms with Gasteiger partial charge in [0.05, 0.1) is 25.7 Å². The van der Waals surface area contributed by atoms with Crippen LogP contribution in [0.1, 0.15) is 29.6 Å². The Labute approximate surface area is 168 Å². The number of fused-ring (bicyclic) bond motifs is 1. The predicted molar refractivity (Wildman–Crippen MR) is 113 cm³/mol. The summed E-state index contributed by atoms with van der Waals surface area (Å²) >= 11 is 0.